The average Bonchev–Trinajstić information content (AvgIpc) is 1.64. The highest BCUT2D eigenvalue weighted by Crippen LogP contribution is 2.50. The van der Waals surface area contributed by atoms with Crippen molar-refractivity contribution in [2.24, 2.45) is 0 Å². The Bertz CT molecular complexity index is 93.1. The largest absolute Gasteiger partial charge is 0.307 e. The Kier molecular flexibility index (Phi) is 1.14. The normalized spacial score (nSPS) is 31.5. The summed E-state index contributed by atoms with van der Waals surface area (Å²) >= 11 is 1.57. The Morgan fingerprint density at radius 1 is 1.12 bits per heavy atom. The first-order valence-corrected chi connectivity index (χ1v) is 3.57. The maximum Gasteiger partial charge on any atom is 0.0936 e. The van der Waals surface area contributed by atoms with Crippen molar-refractivity contribution >= 4 is 12.0 Å². The fourth-order valence-electron chi connectivity index (χ4n) is 0.375. The molecule has 0 spiro atoms. The van der Waals surface area contributed by atoms with Gasteiger partial charge in [-0.3, -0.25) is 0 Å². The third-order valence-electron chi connectivity index (χ3n) is 1.91. The molecule has 0 aromatic carbocycles. The molecule has 1 fully saturated rings. The van der Waals surface area contributed by atoms with Crippen molar-refractivity contribution in [3.05, 3.63) is 0 Å². The first-order valence-electron chi connectivity index (χ1n) is 2.82. The molecule has 0 aliphatic carbocycles. The molecule has 1 nitrogen and oxygen atoms in total. The molecule has 0 amide bonds. The van der Waals surface area contributed by atoms with Gasteiger partial charge in [0.2, 0.25) is 0 Å². The van der Waals surface area contributed by atoms with Crippen LogP contribution < -0.4 is 0 Å². The molecule has 0 aromatic heterocycles. The van der Waals surface area contributed by atoms with Crippen LogP contribution in [0, 0.1) is 0 Å². The molecule has 8 heavy (non-hydrogen) atoms. The predicted octanol–water partition coefficient (Wildman–Crippen LogP) is 2.22. The van der Waals surface area contributed by atoms with Crippen LogP contribution in [0.5, 0.6) is 0 Å². The predicted molar refractivity (Wildman–Crippen MR) is 36.8 cm³/mol. The molecule has 0 aromatic rings. The molecule has 1 rings (SSSR count). The zero-order valence-corrected chi connectivity index (χ0v) is 6.63. The summed E-state index contributed by atoms with van der Waals surface area (Å²) in [5.74, 6) is 0. The van der Waals surface area contributed by atoms with Gasteiger partial charge in [-0.25, -0.2) is 0 Å². The van der Waals surface area contributed by atoms with Gasteiger partial charge in [-0.2, -0.15) is 0 Å². The highest BCUT2D eigenvalue weighted by Gasteiger charge is 2.49. The van der Waals surface area contributed by atoms with Crippen molar-refractivity contribution in [3.8, 4) is 0 Å². The van der Waals surface area contributed by atoms with Crippen molar-refractivity contribution in [1.82, 2.24) is 0 Å². The van der Waals surface area contributed by atoms with E-state index in [2.05, 4.69) is 27.7 Å². The molecule has 0 atom stereocenters. The Morgan fingerprint density at radius 3 is 1.50 bits per heavy atom. The third kappa shape index (κ3) is 0.669. The molecule has 0 radical (unpaired) electrons. The summed E-state index contributed by atoms with van der Waals surface area (Å²) in [7, 11) is 0. The first kappa shape index (κ1) is 6.43. The zero-order chi connectivity index (χ0) is 6.41. The lowest BCUT2D eigenvalue weighted by molar-refractivity contribution is 0.0483. The van der Waals surface area contributed by atoms with Crippen LogP contribution in [-0.4, -0.2) is 10.3 Å². The number of hydrogen-bond acceptors (Lipinski definition) is 2. The lowest BCUT2D eigenvalue weighted by atomic mass is 9.93. The highest BCUT2D eigenvalue weighted by molar-refractivity contribution is 7.97. The van der Waals surface area contributed by atoms with Crippen molar-refractivity contribution in [1.29, 1.82) is 0 Å². The van der Waals surface area contributed by atoms with Gasteiger partial charge in [-0.05, 0) is 27.7 Å². The van der Waals surface area contributed by atoms with E-state index >= 15 is 0 Å². The van der Waals surface area contributed by atoms with Gasteiger partial charge in [0.25, 0.3) is 0 Å². The molecular formula is C6H12OS. The van der Waals surface area contributed by atoms with Gasteiger partial charge in [0.1, 0.15) is 0 Å². The van der Waals surface area contributed by atoms with Crippen LogP contribution in [-0.2, 0) is 4.18 Å². The smallest absolute Gasteiger partial charge is 0.0936 e. The van der Waals surface area contributed by atoms with E-state index in [0.29, 0.717) is 4.75 Å². The van der Waals surface area contributed by atoms with E-state index in [9.17, 15) is 0 Å². The van der Waals surface area contributed by atoms with E-state index in [-0.39, 0.29) is 5.60 Å². The molecule has 0 bridgehead atoms. The zero-order valence-electron chi connectivity index (χ0n) is 5.82. The second-order valence-corrected chi connectivity index (χ2v) is 4.54. The van der Waals surface area contributed by atoms with Crippen LogP contribution in [0.15, 0.2) is 0 Å². The second kappa shape index (κ2) is 1.42. The van der Waals surface area contributed by atoms with Crippen LogP contribution in [0.3, 0.4) is 0 Å². The van der Waals surface area contributed by atoms with Crippen LogP contribution in [0.4, 0.5) is 0 Å². The van der Waals surface area contributed by atoms with Gasteiger partial charge in [-0.15, -0.1) is 0 Å². The average molecular weight is 132 g/mol. The Hall–Kier alpha value is 0.310. The number of rotatable bonds is 0. The maximum atomic E-state index is 5.25. The minimum Gasteiger partial charge on any atom is -0.307 e. The molecule has 1 aliphatic rings. The standard InChI is InChI=1S/C6H12OS/c1-5(2)6(3,4)8-7-5/h1-4H3. The summed E-state index contributed by atoms with van der Waals surface area (Å²) in [5, 5.41) is 0. The summed E-state index contributed by atoms with van der Waals surface area (Å²) in [5.41, 5.74) is 0.0810. The molecule has 2 heteroatoms. The molecule has 1 heterocycles. The van der Waals surface area contributed by atoms with E-state index in [1.54, 1.807) is 12.0 Å². The highest BCUT2D eigenvalue weighted by atomic mass is 32.2. The molecular weight excluding hydrogens is 120 g/mol. The summed E-state index contributed by atoms with van der Waals surface area (Å²) < 4.78 is 5.56. The van der Waals surface area contributed by atoms with Crippen molar-refractivity contribution in [2.45, 2.75) is 38.0 Å². The van der Waals surface area contributed by atoms with Crippen LogP contribution in [0.2, 0.25) is 0 Å². The van der Waals surface area contributed by atoms with Crippen LogP contribution in [0.1, 0.15) is 27.7 Å². The Labute approximate surface area is 55.0 Å². The van der Waals surface area contributed by atoms with Crippen LogP contribution >= 0.6 is 12.0 Å². The molecule has 1 saturated heterocycles. The minimum atomic E-state index is 0.0810. The quantitative estimate of drug-likeness (QED) is 0.467. The van der Waals surface area contributed by atoms with Crippen LogP contribution in [0.25, 0.3) is 0 Å². The van der Waals surface area contributed by atoms with Crippen molar-refractivity contribution in [2.75, 3.05) is 0 Å². The second-order valence-electron chi connectivity index (χ2n) is 3.19. The first-order chi connectivity index (χ1) is 3.46. The Morgan fingerprint density at radius 2 is 1.50 bits per heavy atom. The van der Waals surface area contributed by atoms with Gasteiger partial charge in [0.15, 0.2) is 0 Å². The third-order valence-corrected chi connectivity index (χ3v) is 3.32. The summed E-state index contributed by atoms with van der Waals surface area (Å²) in [6.07, 6.45) is 0. The topological polar surface area (TPSA) is 9.23 Å². The molecule has 0 saturated carbocycles. The lowest BCUT2D eigenvalue weighted by Crippen LogP contribution is -2.52. The Balaban J connectivity index is 2.63. The maximum absolute atomic E-state index is 5.25. The summed E-state index contributed by atoms with van der Waals surface area (Å²) in [4.78, 5) is 0. The van der Waals surface area contributed by atoms with Gasteiger partial charge in [0, 0.05) is 12.0 Å². The molecule has 1 aliphatic heterocycles. The molecule has 0 N–H and O–H groups in total. The molecule has 48 valence electrons. The van der Waals surface area contributed by atoms with E-state index in [1.807, 2.05) is 0 Å². The minimum absolute atomic E-state index is 0.0810. The SMILES string of the molecule is CC1(C)OSC1(C)C. The fourth-order valence-corrected chi connectivity index (χ4v) is 1.12. The lowest BCUT2D eigenvalue weighted by Gasteiger charge is -2.49. The van der Waals surface area contributed by atoms with Crippen molar-refractivity contribution in [3.63, 3.8) is 0 Å². The van der Waals surface area contributed by atoms with Gasteiger partial charge in [0.05, 0.1) is 10.3 Å². The van der Waals surface area contributed by atoms with Gasteiger partial charge in [-0.1, -0.05) is 0 Å². The van der Waals surface area contributed by atoms with E-state index < -0.39 is 0 Å². The molecule has 0 unspecified atom stereocenters. The fraction of sp³-hybridized carbons (Fsp3) is 1.00. The van der Waals surface area contributed by atoms with Gasteiger partial charge < -0.3 is 4.18 Å². The van der Waals surface area contributed by atoms with Gasteiger partial charge >= 0.3 is 0 Å². The summed E-state index contributed by atoms with van der Waals surface area (Å²) in [6, 6.07) is 0. The number of hydrogen-bond donors (Lipinski definition) is 0. The van der Waals surface area contributed by atoms with E-state index in [0.717, 1.165) is 0 Å². The van der Waals surface area contributed by atoms with E-state index in [4.69, 9.17) is 4.18 Å². The van der Waals surface area contributed by atoms with E-state index in [1.165, 1.54) is 0 Å². The van der Waals surface area contributed by atoms with Crippen molar-refractivity contribution < 1.29 is 4.18 Å². The summed E-state index contributed by atoms with van der Waals surface area (Å²) in [6.45, 7) is 8.62. The monoisotopic (exact) mass is 132 g/mol.